The molecule has 1 rings (SSSR count). The Morgan fingerprint density at radius 3 is 2.63 bits per heavy atom. The van der Waals surface area contributed by atoms with Crippen molar-refractivity contribution >= 4 is 29.4 Å². The maximum atomic E-state index is 11.6. The first kappa shape index (κ1) is 15.4. The minimum Gasteiger partial charge on any atom is -0.465 e. The summed E-state index contributed by atoms with van der Waals surface area (Å²) in [5, 5.41) is 0. The number of carbonyl (C=O) groups is 2. The monoisotopic (exact) mass is 283 g/mol. The molecule has 0 heterocycles. The molecular weight excluding hydrogens is 266 g/mol. The van der Waals surface area contributed by atoms with Gasteiger partial charge in [-0.15, -0.1) is 11.8 Å². The van der Waals surface area contributed by atoms with Gasteiger partial charge in [0, 0.05) is 10.6 Å². The van der Waals surface area contributed by atoms with Crippen LogP contribution in [-0.2, 0) is 14.3 Å². The summed E-state index contributed by atoms with van der Waals surface area (Å²) in [6.07, 6.45) is 0. The fourth-order valence-corrected chi connectivity index (χ4v) is 2.30. The summed E-state index contributed by atoms with van der Waals surface area (Å²) in [6, 6.07) is 3.45. The topological polar surface area (TPSA) is 78.6 Å². The predicted molar refractivity (Wildman–Crippen MR) is 74.3 cm³/mol. The minimum absolute atomic E-state index is 0.192. The van der Waals surface area contributed by atoms with E-state index in [-0.39, 0.29) is 11.7 Å². The van der Waals surface area contributed by atoms with Gasteiger partial charge in [-0.1, -0.05) is 0 Å². The van der Waals surface area contributed by atoms with Crippen molar-refractivity contribution in [1.29, 1.82) is 0 Å². The average molecular weight is 283 g/mol. The molecule has 0 atom stereocenters. The minimum atomic E-state index is -0.487. The molecule has 0 fully saturated rings. The molecule has 0 aliphatic rings. The van der Waals surface area contributed by atoms with E-state index in [1.807, 2.05) is 6.07 Å². The maximum Gasteiger partial charge on any atom is 0.340 e. The Morgan fingerprint density at radius 1 is 1.37 bits per heavy atom. The maximum absolute atomic E-state index is 11.6. The summed E-state index contributed by atoms with van der Waals surface area (Å²) in [4.78, 5) is 23.6. The van der Waals surface area contributed by atoms with Crippen LogP contribution in [0.25, 0.3) is 0 Å². The van der Waals surface area contributed by atoms with Gasteiger partial charge < -0.3 is 15.2 Å². The number of thioether (sulfide) groups is 1. The molecule has 0 spiro atoms. The van der Waals surface area contributed by atoms with Gasteiger partial charge in [0.25, 0.3) is 0 Å². The van der Waals surface area contributed by atoms with Crippen molar-refractivity contribution in [3.05, 3.63) is 23.3 Å². The molecule has 1 aromatic rings. The number of aryl methyl sites for hydroxylation is 1. The van der Waals surface area contributed by atoms with Crippen LogP contribution in [0.4, 0.5) is 5.69 Å². The van der Waals surface area contributed by atoms with E-state index in [2.05, 4.69) is 4.74 Å². The second-order valence-electron chi connectivity index (χ2n) is 3.79. The van der Waals surface area contributed by atoms with Crippen LogP contribution < -0.4 is 5.73 Å². The number of rotatable bonds is 5. The van der Waals surface area contributed by atoms with Gasteiger partial charge in [-0.3, -0.25) is 4.79 Å². The molecule has 0 unspecified atom stereocenters. The van der Waals surface area contributed by atoms with E-state index in [1.54, 1.807) is 19.9 Å². The third-order valence-corrected chi connectivity index (χ3v) is 3.38. The first-order valence-corrected chi connectivity index (χ1v) is 6.75. The second kappa shape index (κ2) is 7.04. The third-order valence-electron chi connectivity index (χ3n) is 2.43. The largest absolute Gasteiger partial charge is 0.465 e. The smallest absolute Gasteiger partial charge is 0.340 e. The Morgan fingerprint density at radius 2 is 2.05 bits per heavy atom. The number of nitrogen functional groups attached to an aromatic ring is 1. The molecule has 0 saturated heterocycles. The van der Waals surface area contributed by atoms with E-state index >= 15 is 0 Å². The summed E-state index contributed by atoms with van der Waals surface area (Å²) < 4.78 is 9.51. The lowest BCUT2D eigenvalue weighted by Gasteiger charge is -2.10. The quantitative estimate of drug-likeness (QED) is 0.506. The lowest BCUT2D eigenvalue weighted by Crippen LogP contribution is -2.09. The van der Waals surface area contributed by atoms with E-state index < -0.39 is 5.97 Å². The van der Waals surface area contributed by atoms with Crippen LogP contribution >= 0.6 is 11.8 Å². The van der Waals surface area contributed by atoms with Gasteiger partial charge in [0.15, 0.2) is 0 Å². The number of carbonyl (C=O) groups excluding carboxylic acids is 2. The SMILES string of the molecule is CCOC(=O)CSc1cc(C)c(N)c(C(=O)OC)c1. The van der Waals surface area contributed by atoms with Crippen LogP contribution in [0.1, 0.15) is 22.8 Å². The van der Waals surface area contributed by atoms with Crippen molar-refractivity contribution in [3.63, 3.8) is 0 Å². The van der Waals surface area contributed by atoms with Gasteiger partial charge in [0.2, 0.25) is 0 Å². The van der Waals surface area contributed by atoms with E-state index in [0.29, 0.717) is 17.9 Å². The van der Waals surface area contributed by atoms with Crippen LogP contribution in [0.15, 0.2) is 17.0 Å². The number of methoxy groups -OCH3 is 1. The van der Waals surface area contributed by atoms with Gasteiger partial charge in [0.05, 0.1) is 25.0 Å². The molecule has 104 valence electrons. The summed E-state index contributed by atoms with van der Waals surface area (Å²) in [5.74, 6) is -0.585. The molecule has 0 radical (unpaired) electrons. The summed E-state index contributed by atoms with van der Waals surface area (Å²) in [5.41, 5.74) is 7.31. The first-order chi connectivity index (χ1) is 8.99. The number of anilines is 1. The van der Waals surface area contributed by atoms with Gasteiger partial charge in [-0.25, -0.2) is 4.79 Å². The molecule has 0 aliphatic carbocycles. The van der Waals surface area contributed by atoms with Crippen LogP contribution in [0, 0.1) is 6.92 Å². The van der Waals surface area contributed by atoms with Crippen molar-refractivity contribution in [1.82, 2.24) is 0 Å². The van der Waals surface area contributed by atoms with E-state index in [1.165, 1.54) is 18.9 Å². The fourth-order valence-electron chi connectivity index (χ4n) is 1.47. The molecule has 0 aliphatic heterocycles. The number of ether oxygens (including phenoxy) is 2. The Hall–Kier alpha value is -1.69. The highest BCUT2D eigenvalue weighted by molar-refractivity contribution is 8.00. The lowest BCUT2D eigenvalue weighted by molar-refractivity contribution is -0.139. The Bertz CT molecular complexity index is 488. The zero-order valence-electron chi connectivity index (χ0n) is 11.2. The Labute approximate surface area is 116 Å². The van der Waals surface area contributed by atoms with Crippen LogP contribution in [0.2, 0.25) is 0 Å². The third kappa shape index (κ3) is 4.17. The summed E-state index contributed by atoms with van der Waals surface area (Å²) >= 11 is 1.30. The second-order valence-corrected chi connectivity index (χ2v) is 4.84. The van der Waals surface area contributed by atoms with Gasteiger partial charge in [-0.2, -0.15) is 0 Å². The fraction of sp³-hybridized carbons (Fsp3) is 0.385. The van der Waals surface area contributed by atoms with Crippen LogP contribution in [0.5, 0.6) is 0 Å². The zero-order chi connectivity index (χ0) is 14.4. The summed E-state index contributed by atoms with van der Waals surface area (Å²) in [6.45, 7) is 3.91. The Kier molecular flexibility index (Phi) is 5.69. The summed E-state index contributed by atoms with van der Waals surface area (Å²) in [7, 11) is 1.30. The molecule has 0 amide bonds. The highest BCUT2D eigenvalue weighted by atomic mass is 32.2. The van der Waals surface area contributed by atoms with Crippen LogP contribution in [-0.4, -0.2) is 31.4 Å². The van der Waals surface area contributed by atoms with E-state index in [9.17, 15) is 9.59 Å². The van der Waals surface area contributed by atoms with Gasteiger partial charge in [-0.05, 0) is 31.5 Å². The molecule has 2 N–H and O–H groups in total. The number of hydrogen-bond donors (Lipinski definition) is 1. The molecule has 0 saturated carbocycles. The molecule has 0 aromatic heterocycles. The Balaban J connectivity index is 2.88. The molecule has 0 bridgehead atoms. The highest BCUT2D eigenvalue weighted by Gasteiger charge is 2.14. The van der Waals surface area contributed by atoms with Crippen LogP contribution in [0.3, 0.4) is 0 Å². The molecule has 5 nitrogen and oxygen atoms in total. The number of benzene rings is 1. The number of esters is 2. The first-order valence-electron chi connectivity index (χ1n) is 5.76. The molecule has 19 heavy (non-hydrogen) atoms. The normalized spacial score (nSPS) is 10.1. The zero-order valence-corrected chi connectivity index (χ0v) is 12.0. The van der Waals surface area contributed by atoms with E-state index in [4.69, 9.17) is 10.5 Å². The van der Waals surface area contributed by atoms with Crippen molar-refractivity contribution in [2.75, 3.05) is 25.2 Å². The van der Waals surface area contributed by atoms with E-state index in [0.717, 1.165) is 10.5 Å². The van der Waals surface area contributed by atoms with Crippen molar-refractivity contribution in [2.24, 2.45) is 0 Å². The molecule has 6 heteroatoms. The van der Waals surface area contributed by atoms with Crippen molar-refractivity contribution in [2.45, 2.75) is 18.7 Å². The average Bonchev–Trinajstić information content (AvgIpc) is 2.39. The van der Waals surface area contributed by atoms with Gasteiger partial charge >= 0.3 is 11.9 Å². The standard InChI is InChI=1S/C13H17NO4S/c1-4-18-11(15)7-19-9-5-8(2)12(14)10(6-9)13(16)17-3/h5-6H,4,7,14H2,1-3H3. The molecular formula is C13H17NO4S. The number of hydrogen-bond acceptors (Lipinski definition) is 6. The lowest BCUT2D eigenvalue weighted by atomic mass is 10.1. The predicted octanol–water partition coefficient (Wildman–Crippen LogP) is 2.02. The van der Waals surface area contributed by atoms with Gasteiger partial charge in [0.1, 0.15) is 0 Å². The highest BCUT2D eigenvalue weighted by Crippen LogP contribution is 2.27. The van der Waals surface area contributed by atoms with Crippen molar-refractivity contribution < 1.29 is 19.1 Å². The number of nitrogens with two attached hydrogens (primary N) is 1. The molecule has 1 aromatic carbocycles. The van der Waals surface area contributed by atoms with Crippen molar-refractivity contribution in [3.8, 4) is 0 Å².